The molecule has 0 saturated heterocycles. The third-order valence-electron chi connectivity index (χ3n) is 3.90. The molecule has 2 rings (SSSR count). The first kappa shape index (κ1) is 17.5. The monoisotopic (exact) mass is 326 g/mol. The molecule has 0 bridgehead atoms. The van der Waals surface area contributed by atoms with Crippen molar-refractivity contribution in [1.29, 1.82) is 0 Å². The molecule has 0 aromatic heterocycles. The highest BCUT2D eigenvalue weighted by atomic mass is 16.5. The van der Waals surface area contributed by atoms with E-state index in [2.05, 4.69) is 17.5 Å². The number of benzene rings is 2. The van der Waals surface area contributed by atoms with Crippen LogP contribution in [0, 0.1) is 13.8 Å². The van der Waals surface area contributed by atoms with Crippen molar-refractivity contribution >= 4 is 11.6 Å². The molecule has 1 amide bonds. The lowest BCUT2D eigenvalue weighted by molar-refractivity contribution is 0.0951. The molecule has 2 aromatic carbocycles. The average Bonchev–Trinajstić information content (AvgIpc) is 2.60. The number of carbonyl (C=O) groups excluding carboxylic acids is 1. The van der Waals surface area contributed by atoms with Crippen molar-refractivity contribution in [2.75, 3.05) is 14.2 Å². The molecule has 0 radical (unpaired) electrons. The minimum Gasteiger partial charge on any atom is -0.497 e. The van der Waals surface area contributed by atoms with Crippen molar-refractivity contribution < 1.29 is 14.3 Å². The molecular formula is C19H22N2O3. The molecule has 0 unspecified atom stereocenters. The van der Waals surface area contributed by atoms with E-state index in [4.69, 9.17) is 9.47 Å². The van der Waals surface area contributed by atoms with Crippen LogP contribution in [-0.2, 0) is 0 Å². The van der Waals surface area contributed by atoms with Crippen LogP contribution in [0.1, 0.15) is 34.0 Å². The third-order valence-corrected chi connectivity index (χ3v) is 3.90. The molecular weight excluding hydrogens is 304 g/mol. The smallest absolute Gasteiger partial charge is 0.275 e. The van der Waals surface area contributed by atoms with Crippen LogP contribution in [0.15, 0.2) is 41.5 Å². The van der Waals surface area contributed by atoms with Crippen molar-refractivity contribution in [2.45, 2.75) is 20.8 Å². The fourth-order valence-electron chi connectivity index (χ4n) is 2.21. The molecule has 0 aliphatic heterocycles. The van der Waals surface area contributed by atoms with Gasteiger partial charge in [0.15, 0.2) is 0 Å². The maximum atomic E-state index is 12.3. The number of nitrogens with zero attached hydrogens (tertiary/aromatic N) is 1. The van der Waals surface area contributed by atoms with Gasteiger partial charge in [0.1, 0.15) is 11.5 Å². The van der Waals surface area contributed by atoms with E-state index in [0.29, 0.717) is 17.1 Å². The highest BCUT2D eigenvalue weighted by molar-refractivity contribution is 6.01. The summed E-state index contributed by atoms with van der Waals surface area (Å²) in [6.45, 7) is 5.96. The molecule has 0 fully saturated rings. The van der Waals surface area contributed by atoms with Gasteiger partial charge < -0.3 is 9.47 Å². The topological polar surface area (TPSA) is 59.9 Å². The number of carbonyl (C=O) groups is 1. The Bertz CT molecular complexity index is 782. The highest BCUT2D eigenvalue weighted by Gasteiger charge is 2.13. The second-order valence-electron chi connectivity index (χ2n) is 5.50. The number of methoxy groups -OCH3 is 2. The summed E-state index contributed by atoms with van der Waals surface area (Å²) in [5, 5.41) is 4.19. The van der Waals surface area contributed by atoms with Gasteiger partial charge in [0.25, 0.3) is 5.91 Å². The summed E-state index contributed by atoms with van der Waals surface area (Å²) in [7, 11) is 3.07. The number of amides is 1. The largest absolute Gasteiger partial charge is 0.497 e. The molecule has 0 spiro atoms. The zero-order valence-corrected chi connectivity index (χ0v) is 14.6. The Morgan fingerprint density at radius 3 is 2.38 bits per heavy atom. The molecule has 24 heavy (non-hydrogen) atoms. The molecule has 5 nitrogen and oxygen atoms in total. The van der Waals surface area contributed by atoms with E-state index in [-0.39, 0.29) is 5.91 Å². The van der Waals surface area contributed by atoms with Gasteiger partial charge in [0.2, 0.25) is 0 Å². The summed E-state index contributed by atoms with van der Waals surface area (Å²) in [5.74, 6) is 0.724. The number of hydrogen-bond acceptors (Lipinski definition) is 4. The van der Waals surface area contributed by atoms with Gasteiger partial charge in [-0.15, -0.1) is 0 Å². The Kier molecular flexibility index (Phi) is 5.58. The fraction of sp³-hybridized carbons (Fsp3) is 0.263. The Balaban J connectivity index is 2.18. The minimum atomic E-state index is -0.335. The fourth-order valence-corrected chi connectivity index (χ4v) is 2.21. The van der Waals surface area contributed by atoms with Gasteiger partial charge in [-0.1, -0.05) is 12.1 Å². The van der Waals surface area contributed by atoms with Crippen LogP contribution in [0.25, 0.3) is 0 Å². The normalized spacial score (nSPS) is 11.1. The van der Waals surface area contributed by atoms with Crippen LogP contribution in [0.4, 0.5) is 0 Å². The van der Waals surface area contributed by atoms with Crippen LogP contribution in [0.3, 0.4) is 0 Å². The van der Waals surface area contributed by atoms with Crippen molar-refractivity contribution in [3.63, 3.8) is 0 Å². The zero-order chi connectivity index (χ0) is 17.7. The summed E-state index contributed by atoms with van der Waals surface area (Å²) in [5.41, 5.74) is 7.08. The molecule has 2 aromatic rings. The maximum Gasteiger partial charge on any atom is 0.275 e. The lowest BCUT2D eigenvalue weighted by Crippen LogP contribution is -2.20. The molecule has 1 N–H and O–H groups in total. The van der Waals surface area contributed by atoms with E-state index in [1.165, 1.54) is 18.2 Å². The summed E-state index contributed by atoms with van der Waals surface area (Å²) >= 11 is 0. The van der Waals surface area contributed by atoms with E-state index in [1.54, 1.807) is 25.3 Å². The van der Waals surface area contributed by atoms with Gasteiger partial charge in [-0.25, -0.2) is 5.43 Å². The molecule has 126 valence electrons. The SMILES string of the molecule is COc1ccc(C(=O)NN=C(C)c2ccc(C)c(C)c2)c(OC)c1. The van der Waals surface area contributed by atoms with Crippen LogP contribution < -0.4 is 14.9 Å². The van der Waals surface area contributed by atoms with E-state index >= 15 is 0 Å². The van der Waals surface area contributed by atoms with Gasteiger partial charge in [-0.3, -0.25) is 4.79 Å². The standard InChI is InChI=1S/C19H22N2O3/c1-12-6-7-15(10-13(12)2)14(3)20-21-19(22)17-9-8-16(23-4)11-18(17)24-5/h6-11H,1-5H3,(H,21,22). The van der Waals surface area contributed by atoms with E-state index in [0.717, 1.165) is 11.3 Å². The average molecular weight is 326 g/mol. The third kappa shape index (κ3) is 3.93. The van der Waals surface area contributed by atoms with Crippen LogP contribution in [0.2, 0.25) is 0 Å². The number of ether oxygens (including phenoxy) is 2. The molecule has 0 heterocycles. The molecule has 0 saturated carbocycles. The second kappa shape index (κ2) is 7.64. The molecule has 5 heteroatoms. The van der Waals surface area contributed by atoms with Gasteiger partial charge in [-0.05, 0) is 55.7 Å². The number of rotatable bonds is 5. The maximum absolute atomic E-state index is 12.3. The van der Waals surface area contributed by atoms with Gasteiger partial charge in [0.05, 0.1) is 25.5 Å². The predicted molar refractivity (Wildman–Crippen MR) is 95.1 cm³/mol. The summed E-state index contributed by atoms with van der Waals surface area (Å²) < 4.78 is 10.4. The Labute approximate surface area is 142 Å². The highest BCUT2D eigenvalue weighted by Crippen LogP contribution is 2.24. The Hall–Kier alpha value is -2.82. The Morgan fingerprint density at radius 1 is 1.00 bits per heavy atom. The second-order valence-corrected chi connectivity index (χ2v) is 5.50. The number of nitrogens with one attached hydrogen (secondary N) is 1. The predicted octanol–water partition coefficient (Wildman–Crippen LogP) is 3.47. The van der Waals surface area contributed by atoms with Crippen molar-refractivity contribution in [3.05, 3.63) is 58.7 Å². The van der Waals surface area contributed by atoms with Crippen molar-refractivity contribution in [3.8, 4) is 11.5 Å². The van der Waals surface area contributed by atoms with E-state index in [1.807, 2.05) is 32.0 Å². The van der Waals surface area contributed by atoms with Gasteiger partial charge in [-0.2, -0.15) is 5.10 Å². The van der Waals surface area contributed by atoms with Gasteiger partial charge in [0, 0.05) is 6.07 Å². The molecule has 0 aliphatic rings. The first-order chi connectivity index (χ1) is 11.5. The number of aryl methyl sites for hydroxylation is 2. The van der Waals surface area contributed by atoms with Crippen molar-refractivity contribution in [1.82, 2.24) is 5.43 Å². The summed E-state index contributed by atoms with van der Waals surface area (Å²) in [6.07, 6.45) is 0. The van der Waals surface area contributed by atoms with E-state index in [9.17, 15) is 4.79 Å². The lowest BCUT2D eigenvalue weighted by Gasteiger charge is -2.10. The van der Waals surface area contributed by atoms with E-state index < -0.39 is 0 Å². The lowest BCUT2D eigenvalue weighted by atomic mass is 10.0. The molecule has 0 aliphatic carbocycles. The summed E-state index contributed by atoms with van der Waals surface area (Å²) in [4.78, 5) is 12.3. The minimum absolute atomic E-state index is 0.335. The number of hydrazone groups is 1. The first-order valence-corrected chi connectivity index (χ1v) is 7.60. The first-order valence-electron chi connectivity index (χ1n) is 7.60. The van der Waals surface area contributed by atoms with Crippen LogP contribution >= 0.6 is 0 Å². The zero-order valence-electron chi connectivity index (χ0n) is 14.6. The molecule has 0 atom stereocenters. The van der Waals surface area contributed by atoms with Crippen LogP contribution in [0.5, 0.6) is 11.5 Å². The quantitative estimate of drug-likeness (QED) is 0.676. The number of hydrogen-bond donors (Lipinski definition) is 1. The summed E-state index contributed by atoms with van der Waals surface area (Å²) in [6, 6.07) is 11.1. The van der Waals surface area contributed by atoms with Crippen molar-refractivity contribution in [2.24, 2.45) is 5.10 Å². The Morgan fingerprint density at radius 2 is 1.75 bits per heavy atom. The van der Waals surface area contributed by atoms with Gasteiger partial charge >= 0.3 is 0 Å². The van der Waals surface area contributed by atoms with Crippen LogP contribution in [-0.4, -0.2) is 25.8 Å².